The Morgan fingerprint density at radius 1 is 1.20 bits per heavy atom. The van der Waals surface area contributed by atoms with Crippen molar-refractivity contribution < 1.29 is 5.11 Å². The van der Waals surface area contributed by atoms with Gasteiger partial charge in [-0.2, -0.15) is 0 Å². The quantitative estimate of drug-likeness (QED) is 0.813. The normalized spacial score (nSPS) is 32.4. The molecule has 0 aromatic heterocycles. The van der Waals surface area contributed by atoms with Crippen molar-refractivity contribution in [1.29, 1.82) is 0 Å². The number of aliphatic hydroxyl groups excluding tert-OH is 1. The van der Waals surface area contributed by atoms with Gasteiger partial charge >= 0.3 is 0 Å². The third-order valence-corrected chi connectivity index (χ3v) is 5.44. The third kappa shape index (κ3) is 4.44. The average molecular weight is 282 g/mol. The van der Waals surface area contributed by atoms with E-state index >= 15 is 0 Å². The Morgan fingerprint density at radius 2 is 1.90 bits per heavy atom. The molecule has 20 heavy (non-hydrogen) atoms. The molecular weight excluding hydrogens is 248 g/mol. The van der Waals surface area contributed by atoms with Gasteiger partial charge in [0.05, 0.1) is 0 Å². The first-order chi connectivity index (χ1) is 9.54. The fraction of sp³-hybridized carbons (Fsp3) is 1.00. The number of hydrogen-bond donors (Lipinski definition) is 2. The van der Waals surface area contributed by atoms with Crippen LogP contribution < -0.4 is 5.32 Å². The van der Waals surface area contributed by atoms with Crippen molar-refractivity contribution in [3.63, 3.8) is 0 Å². The lowest BCUT2D eigenvalue weighted by Gasteiger charge is -2.44. The Bertz CT molecular complexity index is 285. The summed E-state index contributed by atoms with van der Waals surface area (Å²) in [7, 11) is 0. The van der Waals surface area contributed by atoms with Crippen molar-refractivity contribution in [2.75, 3.05) is 32.8 Å². The zero-order chi connectivity index (χ0) is 14.6. The topological polar surface area (TPSA) is 35.5 Å². The summed E-state index contributed by atoms with van der Waals surface area (Å²) in [5.41, 5.74) is 0.514. The molecule has 2 aliphatic rings. The van der Waals surface area contributed by atoms with Crippen LogP contribution in [0.15, 0.2) is 0 Å². The third-order valence-electron chi connectivity index (χ3n) is 5.44. The van der Waals surface area contributed by atoms with E-state index in [1.54, 1.807) is 0 Å². The summed E-state index contributed by atoms with van der Waals surface area (Å²) < 4.78 is 0. The van der Waals surface area contributed by atoms with Crippen molar-refractivity contribution in [3.8, 4) is 0 Å². The molecule has 0 amide bonds. The van der Waals surface area contributed by atoms with Gasteiger partial charge in [0, 0.05) is 19.2 Å². The molecule has 2 rings (SSSR count). The number of aliphatic hydroxyl groups is 1. The van der Waals surface area contributed by atoms with Crippen LogP contribution >= 0.6 is 0 Å². The monoisotopic (exact) mass is 282 g/mol. The zero-order valence-corrected chi connectivity index (χ0v) is 13.7. The minimum Gasteiger partial charge on any atom is -0.396 e. The first-order valence-corrected chi connectivity index (χ1v) is 8.60. The number of likely N-dealkylation sites (tertiary alicyclic amines) is 1. The van der Waals surface area contributed by atoms with Gasteiger partial charge in [0.2, 0.25) is 0 Å². The molecule has 2 N–H and O–H groups in total. The van der Waals surface area contributed by atoms with Gasteiger partial charge in [-0.25, -0.2) is 0 Å². The second-order valence-corrected chi connectivity index (χ2v) is 7.76. The fourth-order valence-electron chi connectivity index (χ4n) is 4.14. The first-order valence-electron chi connectivity index (χ1n) is 8.60. The second-order valence-electron chi connectivity index (χ2n) is 7.76. The van der Waals surface area contributed by atoms with Crippen molar-refractivity contribution >= 4 is 0 Å². The molecule has 1 aliphatic heterocycles. The molecule has 118 valence electrons. The van der Waals surface area contributed by atoms with E-state index in [0.29, 0.717) is 24.0 Å². The lowest BCUT2D eigenvalue weighted by atomic mass is 9.69. The summed E-state index contributed by atoms with van der Waals surface area (Å²) in [5.74, 6) is 1.35. The SMILES string of the molecule is CCNC1CCC(C)(C)CC1CN1CCC(CO)CC1. The van der Waals surface area contributed by atoms with E-state index in [-0.39, 0.29) is 0 Å². The van der Waals surface area contributed by atoms with Gasteiger partial charge in [-0.15, -0.1) is 0 Å². The summed E-state index contributed by atoms with van der Waals surface area (Å²) >= 11 is 0. The van der Waals surface area contributed by atoms with Gasteiger partial charge in [0.25, 0.3) is 0 Å². The molecule has 1 saturated carbocycles. The van der Waals surface area contributed by atoms with Crippen LogP contribution in [0.3, 0.4) is 0 Å². The number of hydrogen-bond acceptors (Lipinski definition) is 3. The van der Waals surface area contributed by atoms with Crippen LogP contribution in [-0.4, -0.2) is 48.8 Å². The van der Waals surface area contributed by atoms with E-state index in [4.69, 9.17) is 0 Å². The molecule has 1 heterocycles. The van der Waals surface area contributed by atoms with Crippen LogP contribution in [0.2, 0.25) is 0 Å². The van der Waals surface area contributed by atoms with E-state index in [1.807, 2.05) is 0 Å². The lowest BCUT2D eigenvalue weighted by Crippen LogP contribution is -2.48. The number of nitrogens with zero attached hydrogens (tertiary/aromatic N) is 1. The Hall–Kier alpha value is -0.120. The molecule has 1 saturated heterocycles. The molecular formula is C17H34N2O. The van der Waals surface area contributed by atoms with Crippen molar-refractivity contribution in [1.82, 2.24) is 10.2 Å². The van der Waals surface area contributed by atoms with Crippen LogP contribution in [0, 0.1) is 17.3 Å². The van der Waals surface area contributed by atoms with Gasteiger partial charge in [-0.3, -0.25) is 0 Å². The minimum absolute atomic E-state index is 0.379. The van der Waals surface area contributed by atoms with Gasteiger partial charge < -0.3 is 15.3 Å². The molecule has 3 heteroatoms. The standard InChI is InChI=1S/C17H34N2O/c1-4-18-16-5-8-17(2,3)11-15(16)12-19-9-6-14(13-20)7-10-19/h14-16,18,20H,4-13H2,1-3H3. The molecule has 0 aromatic rings. The minimum atomic E-state index is 0.379. The average Bonchev–Trinajstić information content (AvgIpc) is 2.42. The molecule has 2 fully saturated rings. The first kappa shape index (κ1) is 16.3. The van der Waals surface area contributed by atoms with Crippen molar-refractivity contribution in [2.24, 2.45) is 17.3 Å². The van der Waals surface area contributed by atoms with Gasteiger partial charge in [0.1, 0.15) is 0 Å². The number of piperidine rings is 1. The molecule has 3 nitrogen and oxygen atoms in total. The smallest absolute Gasteiger partial charge is 0.0460 e. The van der Waals surface area contributed by atoms with E-state index in [2.05, 4.69) is 31.0 Å². The summed E-state index contributed by atoms with van der Waals surface area (Å²) in [5, 5.41) is 13.0. The van der Waals surface area contributed by atoms with E-state index < -0.39 is 0 Å². The maximum absolute atomic E-state index is 9.25. The number of rotatable bonds is 5. The Labute approximate surface area is 125 Å². The van der Waals surface area contributed by atoms with E-state index in [0.717, 1.165) is 12.5 Å². The van der Waals surface area contributed by atoms with Crippen LogP contribution in [-0.2, 0) is 0 Å². The Balaban J connectivity index is 1.87. The summed E-state index contributed by atoms with van der Waals surface area (Å²) in [6.45, 7) is 12.2. The van der Waals surface area contributed by atoms with Crippen molar-refractivity contribution in [3.05, 3.63) is 0 Å². The van der Waals surface area contributed by atoms with Gasteiger partial charge in [-0.05, 0) is 69.0 Å². The summed E-state index contributed by atoms with van der Waals surface area (Å²) in [4.78, 5) is 2.64. The lowest BCUT2D eigenvalue weighted by molar-refractivity contribution is 0.0737. The fourth-order valence-corrected chi connectivity index (χ4v) is 4.14. The molecule has 2 unspecified atom stereocenters. The molecule has 2 atom stereocenters. The molecule has 1 aliphatic carbocycles. The van der Waals surface area contributed by atoms with Gasteiger partial charge in [-0.1, -0.05) is 20.8 Å². The van der Waals surface area contributed by atoms with E-state index in [1.165, 1.54) is 51.7 Å². The molecule has 0 bridgehead atoms. The largest absolute Gasteiger partial charge is 0.396 e. The maximum atomic E-state index is 9.25. The van der Waals surface area contributed by atoms with Crippen LogP contribution in [0.25, 0.3) is 0 Å². The zero-order valence-electron chi connectivity index (χ0n) is 13.7. The Kier molecular flexibility index (Phi) is 5.88. The summed E-state index contributed by atoms with van der Waals surface area (Å²) in [6.07, 6.45) is 6.40. The highest BCUT2D eigenvalue weighted by Gasteiger charge is 2.35. The van der Waals surface area contributed by atoms with Crippen LogP contribution in [0.4, 0.5) is 0 Å². The Morgan fingerprint density at radius 3 is 2.50 bits per heavy atom. The molecule has 0 spiro atoms. The highest BCUT2D eigenvalue weighted by atomic mass is 16.3. The molecule has 0 aromatic carbocycles. The van der Waals surface area contributed by atoms with Crippen molar-refractivity contribution in [2.45, 2.75) is 58.9 Å². The molecule has 0 radical (unpaired) electrons. The predicted molar refractivity (Wildman–Crippen MR) is 84.8 cm³/mol. The predicted octanol–water partition coefficient (Wildman–Crippen LogP) is 2.50. The summed E-state index contributed by atoms with van der Waals surface area (Å²) in [6, 6.07) is 0.712. The maximum Gasteiger partial charge on any atom is 0.0460 e. The second kappa shape index (κ2) is 7.24. The highest BCUT2D eigenvalue weighted by molar-refractivity contribution is 4.90. The highest BCUT2D eigenvalue weighted by Crippen LogP contribution is 2.39. The van der Waals surface area contributed by atoms with Crippen LogP contribution in [0.1, 0.15) is 52.9 Å². The van der Waals surface area contributed by atoms with Crippen LogP contribution in [0.5, 0.6) is 0 Å². The van der Waals surface area contributed by atoms with E-state index in [9.17, 15) is 5.11 Å². The van der Waals surface area contributed by atoms with Gasteiger partial charge in [0.15, 0.2) is 0 Å². The number of nitrogens with one attached hydrogen (secondary N) is 1.